The first-order chi connectivity index (χ1) is 15.0. The second-order valence-corrected chi connectivity index (χ2v) is 8.01. The third kappa shape index (κ3) is 5.26. The van der Waals surface area contributed by atoms with Gasteiger partial charge in [-0.3, -0.25) is 9.69 Å². The van der Waals surface area contributed by atoms with Crippen molar-refractivity contribution in [2.45, 2.75) is 32.0 Å². The Morgan fingerprint density at radius 2 is 2.03 bits per heavy atom. The first-order valence-electron chi connectivity index (χ1n) is 10.2. The van der Waals surface area contributed by atoms with Gasteiger partial charge in [-0.2, -0.15) is 0 Å². The Hall–Kier alpha value is -2.84. The third-order valence-electron chi connectivity index (χ3n) is 5.23. The van der Waals surface area contributed by atoms with Crippen molar-refractivity contribution in [1.82, 2.24) is 10.3 Å². The van der Waals surface area contributed by atoms with Crippen LogP contribution in [0, 0.1) is 6.92 Å². The van der Waals surface area contributed by atoms with Gasteiger partial charge in [-0.15, -0.1) is 0 Å². The minimum Gasteiger partial charge on any atom is -0.473 e. The molecule has 0 spiro atoms. The number of amides is 2. The molecule has 0 radical (unpaired) electrons. The molecule has 2 aliphatic heterocycles. The number of cyclic esters (lactones) is 1. The van der Waals surface area contributed by atoms with E-state index in [1.165, 1.54) is 12.3 Å². The third-order valence-corrected chi connectivity index (χ3v) is 5.50. The van der Waals surface area contributed by atoms with Gasteiger partial charge in [0, 0.05) is 24.7 Å². The zero-order chi connectivity index (χ0) is 21.8. The summed E-state index contributed by atoms with van der Waals surface area (Å²) in [5, 5.41) is 3.05. The van der Waals surface area contributed by atoms with Crippen LogP contribution >= 0.6 is 11.6 Å². The number of benzene rings is 1. The second-order valence-electron chi connectivity index (χ2n) is 7.60. The number of rotatable bonds is 6. The molecular formula is C22H24ClN3O5. The number of nitrogens with zero attached hydrogens (tertiary/aromatic N) is 2. The lowest BCUT2D eigenvalue weighted by atomic mass is 10.1. The van der Waals surface area contributed by atoms with Crippen LogP contribution in [0.3, 0.4) is 0 Å². The molecule has 1 unspecified atom stereocenters. The molecule has 0 aliphatic carbocycles. The second kappa shape index (κ2) is 9.53. The van der Waals surface area contributed by atoms with Crippen molar-refractivity contribution in [3.63, 3.8) is 0 Å². The fourth-order valence-electron chi connectivity index (χ4n) is 3.46. The molecule has 164 valence electrons. The molecule has 2 amide bonds. The number of aryl methyl sites for hydroxylation is 1. The molecule has 2 aliphatic rings. The Bertz CT molecular complexity index is 947. The molecule has 2 fully saturated rings. The molecule has 1 atom stereocenters. The Morgan fingerprint density at radius 3 is 2.74 bits per heavy atom. The van der Waals surface area contributed by atoms with E-state index >= 15 is 0 Å². The first-order valence-corrected chi connectivity index (χ1v) is 10.6. The highest BCUT2D eigenvalue weighted by Crippen LogP contribution is 2.26. The monoisotopic (exact) mass is 445 g/mol. The fourth-order valence-corrected chi connectivity index (χ4v) is 3.67. The predicted molar refractivity (Wildman–Crippen MR) is 115 cm³/mol. The quantitative estimate of drug-likeness (QED) is 0.733. The molecule has 2 saturated heterocycles. The lowest BCUT2D eigenvalue weighted by Gasteiger charge is -2.23. The Labute approximate surface area is 185 Å². The number of nitrogens with one attached hydrogen (secondary N) is 1. The average molecular weight is 446 g/mol. The predicted octanol–water partition coefficient (Wildman–Crippen LogP) is 3.36. The summed E-state index contributed by atoms with van der Waals surface area (Å²) in [6.45, 7) is 3.82. The van der Waals surface area contributed by atoms with Crippen LogP contribution in [0.15, 0.2) is 36.5 Å². The number of pyridine rings is 1. The van der Waals surface area contributed by atoms with Crippen molar-refractivity contribution in [3.8, 4) is 5.88 Å². The molecule has 3 heterocycles. The van der Waals surface area contributed by atoms with Gasteiger partial charge in [-0.25, -0.2) is 9.78 Å². The summed E-state index contributed by atoms with van der Waals surface area (Å²) in [4.78, 5) is 30.4. The number of ether oxygens (including phenoxy) is 3. The van der Waals surface area contributed by atoms with Crippen LogP contribution in [-0.2, 0) is 9.47 Å². The van der Waals surface area contributed by atoms with E-state index < -0.39 is 12.2 Å². The molecule has 31 heavy (non-hydrogen) atoms. The Kier molecular flexibility index (Phi) is 6.58. The van der Waals surface area contributed by atoms with Gasteiger partial charge in [0.1, 0.15) is 17.2 Å². The van der Waals surface area contributed by atoms with E-state index in [4.69, 9.17) is 25.8 Å². The zero-order valence-corrected chi connectivity index (χ0v) is 17.9. The highest BCUT2D eigenvalue weighted by Gasteiger charge is 2.32. The SMILES string of the molecule is Cc1ccc(N2CC(CNC(=O)c3cnc(OC4CCOCC4)c(Cl)c3)OC2=O)cc1. The van der Waals surface area contributed by atoms with E-state index in [9.17, 15) is 9.59 Å². The maximum atomic E-state index is 12.5. The van der Waals surface area contributed by atoms with Gasteiger partial charge in [-0.1, -0.05) is 29.3 Å². The van der Waals surface area contributed by atoms with E-state index in [-0.39, 0.29) is 23.6 Å². The number of carbonyl (C=O) groups is 2. The van der Waals surface area contributed by atoms with Crippen molar-refractivity contribution >= 4 is 29.3 Å². The summed E-state index contributed by atoms with van der Waals surface area (Å²) >= 11 is 6.26. The van der Waals surface area contributed by atoms with Gasteiger partial charge in [0.05, 0.1) is 31.9 Å². The minimum absolute atomic E-state index is 0.00644. The van der Waals surface area contributed by atoms with Crippen LogP contribution in [0.2, 0.25) is 5.02 Å². The largest absolute Gasteiger partial charge is 0.473 e. The van der Waals surface area contributed by atoms with Gasteiger partial charge >= 0.3 is 6.09 Å². The van der Waals surface area contributed by atoms with Crippen LogP contribution in [0.5, 0.6) is 5.88 Å². The number of hydrogen-bond acceptors (Lipinski definition) is 6. The van der Waals surface area contributed by atoms with Crippen LogP contribution in [0.4, 0.5) is 10.5 Å². The number of aromatic nitrogens is 1. The lowest BCUT2D eigenvalue weighted by molar-refractivity contribution is 0.0238. The summed E-state index contributed by atoms with van der Waals surface area (Å²) in [6.07, 6.45) is 2.11. The highest BCUT2D eigenvalue weighted by atomic mass is 35.5. The summed E-state index contributed by atoms with van der Waals surface area (Å²) in [5.41, 5.74) is 2.18. The van der Waals surface area contributed by atoms with Crippen LogP contribution in [0.1, 0.15) is 28.8 Å². The molecule has 1 N–H and O–H groups in total. The maximum absolute atomic E-state index is 12.5. The van der Waals surface area contributed by atoms with E-state index in [0.29, 0.717) is 31.2 Å². The van der Waals surface area contributed by atoms with E-state index in [1.807, 2.05) is 31.2 Å². The molecule has 1 aromatic carbocycles. The van der Waals surface area contributed by atoms with Crippen molar-refractivity contribution < 1.29 is 23.8 Å². The van der Waals surface area contributed by atoms with Gasteiger partial charge in [-0.05, 0) is 25.1 Å². The lowest BCUT2D eigenvalue weighted by Crippen LogP contribution is -2.34. The molecular weight excluding hydrogens is 422 g/mol. The van der Waals surface area contributed by atoms with Crippen molar-refractivity contribution in [2.24, 2.45) is 0 Å². The molecule has 0 bridgehead atoms. The standard InChI is InChI=1S/C22H24ClN3O5/c1-14-2-4-16(5-3-14)26-13-18(31-22(26)28)12-24-20(27)15-10-19(23)21(25-11-15)30-17-6-8-29-9-7-17/h2-5,10-11,17-18H,6-9,12-13H2,1H3,(H,24,27). The van der Waals surface area contributed by atoms with Gasteiger partial charge < -0.3 is 19.5 Å². The topological polar surface area (TPSA) is 90.0 Å². The smallest absolute Gasteiger partial charge is 0.414 e. The molecule has 1 aromatic heterocycles. The summed E-state index contributed by atoms with van der Waals surface area (Å²) < 4.78 is 16.5. The number of anilines is 1. The number of halogens is 1. The zero-order valence-electron chi connectivity index (χ0n) is 17.2. The molecule has 9 heteroatoms. The Balaban J connectivity index is 1.31. The summed E-state index contributed by atoms with van der Waals surface area (Å²) in [7, 11) is 0. The molecule has 8 nitrogen and oxygen atoms in total. The highest BCUT2D eigenvalue weighted by molar-refractivity contribution is 6.32. The van der Waals surface area contributed by atoms with Crippen LogP contribution < -0.4 is 15.0 Å². The van der Waals surface area contributed by atoms with Crippen LogP contribution in [-0.4, -0.2) is 55.5 Å². The normalized spacial score (nSPS) is 19.2. The minimum atomic E-state index is -0.447. The number of carbonyl (C=O) groups excluding carboxylic acids is 2. The van der Waals surface area contributed by atoms with Gasteiger partial charge in [0.15, 0.2) is 0 Å². The fraction of sp³-hybridized carbons (Fsp3) is 0.409. The Morgan fingerprint density at radius 1 is 1.29 bits per heavy atom. The van der Waals surface area contributed by atoms with Crippen molar-refractivity contribution in [2.75, 3.05) is 31.2 Å². The van der Waals surface area contributed by atoms with Crippen molar-refractivity contribution in [3.05, 3.63) is 52.7 Å². The number of hydrogen-bond donors (Lipinski definition) is 1. The molecule has 4 rings (SSSR count). The van der Waals surface area contributed by atoms with E-state index in [2.05, 4.69) is 10.3 Å². The summed E-state index contributed by atoms with van der Waals surface area (Å²) in [5.74, 6) is -0.0413. The first kappa shape index (κ1) is 21.4. The van der Waals surface area contributed by atoms with E-state index in [1.54, 1.807) is 4.90 Å². The van der Waals surface area contributed by atoms with E-state index in [0.717, 1.165) is 24.1 Å². The molecule has 0 saturated carbocycles. The van der Waals surface area contributed by atoms with Crippen LogP contribution in [0.25, 0.3) is 0 Å². The summed E-state index contributed by atoms with van der Waals surface area (Å²) in [6, 6.07) is 9.13. The average Bonchev–Trinajstić information content (AvgIpc) is 3.15. The molecule has 2 aromatic rings. The van der Waals surface area contributed by atoms with Gasteiger partial charge in [0.2, 0.25) is 5.88 Å². The van der Waals surface area contributed by atoms with Gasteiger partial charge in [0.25, 0.3) is 5.91 Å². The maximum Gasteiger partial charge on any atom is 0.414 e. The van der Waals surface area contributed by atoms with Crippen molar-refractivity contribution in [1.29, 1.82) is 0 Å².